The summed E-state index contributed by atoms with van der Waals surface area (Å²) in [7, 11) is 1.86. The van der Waals surface area contributed by atoms with Crippen molar-refractivity contribution in [1.82, 2.24) is 9.78 Å². The highest BCUT2D eigenvalue weighted by molar-refractivity contribution is 5.59. The number of benzene rings is 1. The van der Waals surface area contributed by atoms with Gasteiger partial charge in [-0.05, 0) is 6.07 Å². The predicted octanol–water partition coefficient (Wildman–Crippen LogP) is 2.15. The SMILES string of the molecule is Cn1nc(-c2ccccc2)cc1CC#N. The topological polar surface area (TPSA) is 41.6 Å². The van der Waals surface area contributed by atoms with E-state index in [1.165, 1.54) is 0 Å². The third-order valence-corrected chi connectivity index (χ3v) is 2.31. The van der Waals surface area contributed by atoms with Crippen LogP contribution in [0.2, 0.25) is 0 Å². The van der Waals surface area contributed by atoms with Gasteiger partial charge in [0.2, 0.25) is 0 Å². The van der Waals surface area contributed by atoms with Crippen LogP contribution in [0.5, 0.6) is 0 Å². The monoisotopic (exact) mass is 197 g/mol. The lowest BCUT2D eigenvalue weighted by Gasteiger charge is -1.93. The van der Waals surface area contributed by atoms with Gasteiger partial charge in [-0.1, -0.05) is 30.3 Å². The first-order valence-electron chi connectivity index (χ1n) is 4.76. The molecular formula is C12H11N3. The quantitative estimate of drug-likeness (QED) is 0.740. The van der Waals surface area contributed by atoms with Gasteiger partial charge < -0.3 is 0 Å². The van der Waals surface area contributed by atoms with E-state index >= 15 is 0 Å². The Morgan fingerprint density at radius 2 is 2.07 bits per heavy atom. The van der Waals surface area contributed by atoms with Crippen LogP contribution in [0.4, 0.5) is 0 Å². The van der Waals surface area contributed by atoms with Crippen LogP contribution in [0.1, 0.15) is 5.69 Å². The van der Waals surface area contributed by atoms with Crippen molar-refractivity contribution in [3.05, 3.63) is 42.1 Å². The molecule has 1 aromatic carbocycles. The van der Waals surface area contributed by atoms with Crippen molar-refractivity contribution >= 4 is 0 Å². The highest BCUT2D eigenvalue weighted by Gasteiger charge is 2.05. The van der Waals surface area contributed by atoms with Gasteiger partial charge >= 0.3 is 0 Å². The summed E-state index contributed by atoms with van der Waals surface area (Å²) >= 11 is 0. The zero-order valence-corrected chi connectivity index (χ0v) is 8.51. The lowest BCUT2D eigenvalue weighted by molar-refractivity contribution is 0.731. The molecule has 0 unspecified atom stereocenters. The third-order valence-electron chi connectivity index (χ3n) is 2.31. The molecule has 0 atom stereocenters. The first-order chi connectivity index (χ1) is 7.31. The van der Waals surface area contributed by atoms with E-state index in [4.69, 9.17) is 5.26 Å². The molecule has 3 nitrogen and oxygen atoms in total. The van der Waals surface area contributed by atoms with Crippen LogP contribution in [-0.4, -0.2) is 9.78 Å². The van der Waals surface area contributed by atoms with Crippen LogP contribution in [0.15, 0.2) is 36.4 Å². The van der Waals surface area contributed by atoms with Crippen molar-refractivity contribution in [2.45, 2.75) is 6.42 Å². The normalized spacial score (nSPS) is 9.87. The molecule has 3 heteroatoms. The van der Waals surface area contributed by atoms with Gasteiger partial charge in [0, 0.05) is 12.6 Å². The summed E-state index contributed by atoms with van der Waals surface area (Å²) in [4.78, 5) is 0. The Morgan fingerprint density at radius 3 is 2.73 bits per heavy atom. The van der Waals surface area contributed by atoms with Crippen molar-refractivity contribution in [2.75, 3.05) is 0 Å². The molecule has 0 amide bonds. The second kappa shape index (κ2) is 3.97. The van der Waals surface area contributed by atoms with Crippen molar-refractivity contribution < 1.29 is 0 Å². The molecule has 0 aliphatic carbocycles. The largest absolute Gasteiger partial charge is 0.271 e. The molecule has 0 radical (unpaired) electrons. The molecule has 1 heterocycles. The minimum absolute atomic E-state index is 0.399. The minimum Gasteiger partial charge on any atom is -0.271 e. The Balaban J connectivity index is 2.40. The number of nitriles is 1. The fourth-order valence-corrected chi connectivity index (χ4v) is 1.50. The van der Waals surface area contributed by atoms with Gasteiger partial charge in [-0.15, -0.1) is 0 Å². The maximum atomic E-state index is 8.63. The molecule has 0 aliphatic heterocycles. The molecule has 0 spiro atoms. The van der Waals surface area contributed by atoms with Gasteiger partial charge in [0.05, 0.1) is 23.9 Å². The lowest BCUT2D eigenvalue weighted by atomic mass is 10.1. The number of hydrogen-bond acceptors (Lipinski definition) is 2. The predicted molar refractivity (Wildman–Crippen MR) is 58.0 cm³/mol. The summed E-state index contributed by atoms with van der Waals surface area (Å²) in [5.74, 6) is 0. The summed E-state index contributed by atoms with van der Waals surface area (Å²) in [6, 6.07) is 14.0. The maximum Gasteiger partial charge on any atom is 0.0926 e. The van der Waals surface area contributed by atoms with E-state index in [1.54, 1.807) is 4.68 Å². The van der Waals surface area contributed by atoms with E-state index in [2.05, 4.69) is 11.2 Å². The van der Waals surface area contributed by atoms with E-state index in [0.29, 0.717) is 6.42 Å². The number of aryl methyl sites for hydroxylation is 1. The van der Waals surface area contributed by atoms with Gasteiger partial charge in [-0.3, -0.25) is 4.68 Å². The molecule has 0 saturated heterocycles. The fourth-order valence-electron chi connectivity index (χ4n) is 1.50. The molecule has 0 fully saturated rings. The zero-order valence-electron chi connectivity index (χ0n) is 8.51. The van der Waals surface area contributed by atoms with E-state index in [1.807, 2.05) is 43.4 Å². The van der Waals surface area contributed by atoms with Gasteiger partial charge in [0.15, 0.2) is 0 Å². The molecule has 15 heavy (non-hydrogen) atoms. The zero-order chi connectivity index (χ0) is 10.7. The summed E-state index contributed by atoms with van der Waals surface area (Å²) in [6.45, 7) is 0. The smallest absolute Gasteiger partial charge is 0.0926 e. The van der Waals surface area contributed by atoms with E-state index in [0.717, 1.165) is 17.0 Å². The summed E-state index contributed by atoms with van der Waals surface area (Å²) in [5.41, 5.74) is 2.94. The highest BCUT2D eigenvalue weighted by atomic mass is 15.3. The van der Waals surface area contributed by atoms with Gasteiger partial charge in [0.25, 0.3) is 0 Å². The average molecular weight is 197 g/mol. The second-order valence-corrected chi connectivity index (χ2v) is 3.35. The van der Waals surface area contributed by atoms with Crippen molar-refractivity contribution in [3.8, 4) is 17.3 Å². The van der Waals surface area contributed by atoms with Crippen LogP contribution in [0, 0.1) is 11.3 Å². The van der Waals surface area contributed by atoms with Crippen molar-refractivity contribution in [2.24, 2.45) is 7.05 Å². The summed E-state index contributed by atoms with van der Waals surface area (Å²) < 4.78 is 1.76. The first kappa shape index (κ1) is 9.47. The first-order valence-corrected chi connectivity index (χ1v) is 4.76. The van der Waals surface area contributed by atoms with Crippen LogP contribution in [-0.2, 0) is 13.5 Å². The molecule has 0 saturated carbocycles. The van der Waals surface area contributed by atoms with Gasteiger partial charge in [0.1, 0.15) is 0 Å². The lowest BCUT2D eigenvalue weighted by Crippen LogP contribution is -1.96. The number of rotatable bonds is 2. The summed E-state index contributed by atoms with van der Waals surface area (Å²) in [6.07, 6.45) is 0.399. The molecule has 0 aliphatic rings. The van der Waals surface area contributed by atoms with Crippen molar-refractivity contribution in [1.29, 1.82) is 5.26 Å². The second-order valence-electron chi connectivity index (χ2n) is 3.35. The number of nitrogens with zero attached hydrogens (tertiary/aromatic N) is 3. The minimum atomic E-state index is 0.399. The Labute approximate surface area is 88.6 Å². The maximum absolute atomic E-state index is 8.63. The van der Waals surface area contributed by atoms with E-state index < -0.39 is 0 Å². The molecule has 74 valence electrons. The Kier molecular flexibility index (Phi) is 2.51. The van der Waals surface area contributed by atoms with Gasteiger partial charge in [-0.2, -0.15) is 10.4 Å². The highest BCUT2D eigenvalue weighted by Crippen LogP contribution is 2.18. The van der Waals surface area contributed by atoms with E-state index in [9.17, 15) is 0 Å². The number of hydrogen-bond donors (Lipinski definition) is 0. The Bertz CT molecular complexity index is 491. The molecular weight excluding hydrogens is 186 g/mol. The van der Waals surface area contributed by atoms with Gasteiger partial charge in [-0.25, -0.2) is 0 Å². The molecule has 1 aromatic heterocycles. The summed E-state index contributed by atoms with van der Waals surface area (Å²) in [5, 5.41) is 13.0. The molecule has 2 aromatic rings. The third kappa shape index (κ3) is 1.89. The Morgan fingerprint density at radius 1 is 1.33 bits per heavy atom. The van der Waals surface area contributed by atoms with Crippen LogP contribution < -0.4 is 0 Å². The average Bonchev–Trinajstić information content (AvgIpc) is 2.63. The number of aromatic nitrogens is 2. The molecule has 0 bridgehead atoms. The fraction of sp³-hybridized carbons (Fsp3) is 0.167. The standard InChI is InChI=1S/C12H11N3/c1-15-11(7-8-13)9-12(14-15)10-5-3-2-4-6-10/h2-6,9H,7H2,1H3. The van der Waals surface area contributed by atoms with E-state index in [-0.39, 0.29) is 0 Å². The van der Waals surface area contributed by atoms with Crippen LogP contribution >= 0.6 is 0 Å². The van der Waals surface area contributed by atoms with Crippen LogP contribution in [0.25, 0.3) is 11.3 Å². The van der Waals surface area contributed by atoms with Crippen LogP contribution in [0.3, 0.4) is 0 Å². The van der Waals surface area contributed by atoms with Crippen molar-refractivity contribution in [3.63, 3.8) is 0 Å². The molecule has 2 rings (SSSR count). The Hall–Kier alpha value is -2.08. The molecule has 0 N–H and O–H groups in total.